The third kappa shape index (κ3) is 6.59. The molecule has 1 atom stereocenters. The van der Waals surface area contributed by atoms with Crippen LogP contribution in [0.5, 0.6) is 11.5 Å². The Morgan fingerprint density at radius 1 is 1.00 bits per heavy atom. The van der Waals surface area contributed by atoms with Crippen LogP contribution in [0.25, 0.3) is 0 Å². The van der Waals surface area contributed by atoms with E-state index in [-0.39, 0.29) is 18.5 Å². The fraction of sp³-hybridized carbons (Fsp3) is 0.417. The number of esters is 2. The third-order valence-electron chi connectivity index (χ3n) is 4.81. The summed E-state index contributed by atoms with van der Waals surface area (Å²) in [5.74, 6) is 0.0375. The van der Waals surface area contributed by atoms with E-state index in [0.29, 0.717) is 24.3 Å². The van der Waals surface area contributed by atoms with Crippen molar-refractivity contribution in [3.8, 4) is 11.5 Å². The van der Waals surface area contributed by atoms with E-state index in [0.717, 1.165) is 37.9 Å². The van der Waals surface area contributed by atoms with Gasteiger partial charge in [0.1, 0.15) is 18.1 Å². The molecule has 0 radical (unpaired) electrons. The predicted octanol–water partition coefficient (Wildman–Crippen LogP) is 4.81. The summed E-state index contributed by atoms with van der Waals surface area (Å²) in [5.41, 5.74) is 0.733. The van der Waals surface area contributed by atoms with Gasteiger partial charge in [-0.3, -0.25) is 0 Å². The van der Waals surface area contributed by atoms with Gasteiger partial charge in [-0.15, -0.1) is 0 Å². The standard InChI is InChI=1S/C24H28O6/c1-2-3-4-14-27-20-12-10-18(11-13-20)24(26)30-21-8-5-7-19(16-21)23(25)29-17-22-9-6-15-28-22/h5,7-8,10-13,16,22H,2-4,6,9,14-15,17H2,1H3. The van der Waals surface area contributed by atoms with Gasteiger partial charge in [0.2, 0.25) is 0 Å². The number of rotatable bonds is 10. The zero-order valence-electron chi connectivity index (χ0n) is 17.3. The Hall–Kier alpha value is -2.86. The monoisotopic (exact) mass is 412 g/mol. The van der Waals surface area contributed by atoms with E-state index in [1.165, 1.54) is 6.07 Å². The molecule has 0 aliphatic carbocycles. The van der Waals surface area contributed by atoms with Crippen molar-refractivity contribution in [3.63, 3.8) is 0 Å². The van der Waals surface area contributed by atoms with Gasteiger partial charge in [-0.25, -0.2) is 9.59 Å². The van der Waals surface area contributed by atoms with Crippen molar-refractivity contribution in [3.05, 3.63) is 59.7 Å². The molecular formula is C24H28O6. The van der Waals surface area contributed by atoms with Crippen molar-refractivity contribution in [2.24, 2.45) is 0 Å². The number of carbonyl (C=O) groups excluding carboxylic acids is 2. The first kappa shape index (κ1) is 21.8. The number of hydrogen-bond acceptors (Lipinski definition) is 6. The fourth-order valence-corrected chi connectivity index (χ4v) is 3.11. The molecule has 0 bridgehead atoms. The summed E-state index contributed by atoms with van der Waals surface area (Å²) in [7, 11) is 0. The Morgan fingerprint density at radius 3 is 2.57 bits per heavy atom. The van der Waals surface area contributed by atoms with Crippen molar-refractivity contribution in [1.82, 2.24) is 0 Å². The Kier molecular flexibility index (Phi) is 8.27. The van der Waals surface area contributed by atoms with Crippen LogP contribution >= 0.6 is 0 Å². The lowest BCUT2D eigenvalue weighted by atomic mass is 10.2. The Balaban J connectivity index is 1.52. The summed E-state index contributed by atoms with van der Waals surface area (Å²) in [5, 5.41) is 0. The normalized spacial score (nSPS) is 15.6. The van der Waals surface area contributed by atoms with E-state index in [9.17, 15) is 9.59 Å². The zero-order valence-corrected chi connectivity index (χ0v) is 17.3. The molecule has 30 heavy (non-hydrogen) atoms. The summed E-state index contributed by atoms with van der Waals surface area (Å²) in [6.07, 6.45) is 5.13. The molecule has 2 aromatic rings. The molecule has 0 aromatic heterocycles. The maximum atomic E-state index is 12.4. The first-order valence-electron chi connectivity index (χ1n) is 10.5. The van der Waals surface area contributed by atoms with Gasteiger partial charge >= 0.3 is 11.9 Å². The summed E-state index contributed by atoms with van der Waals surface area (Å²) < 4.78 is 21.8. The summed E-state index contributed by atoms with van der Waals surface area (Å²) in [6, 6.07) is 13.2. The predicted molar refractivity (Wildman–Crippen MR) is 112 cm³/mol. The Bertz CT molecular complexity index is 824. The first-order chi connectivity index (χ1) is 14.7. The minimum Gasteiger partial charge on any atom is -0.494 e. The van der Waals surface area contributed by atoms with Crippen LogP contribution in [0.1, 0.15) is 59.7 Å². The fourth-order valence-electron chi connectivity index (χ4n) is 3.11. The number of unbranched alkanes of at least 4 members (excludes halogenated alkanes) is 2. The molecule has 0 amide bonds. The van der Waals surface area contributed by atoms with Crippen molar-refractivity contribution < 1.29 is 28.5 Å². The van der Waals surface area contributed by atoms with E-state index in [1.54, 1.807) is 42.5 Å². The van der Waals surface area contributed by atoms with E-state index in [1.807, 2.05) is 0 Å². The largest absolute Gasteiger partial charge is 0.494 e. The van der Waals surface area contributed by atoms with Crippen LogP contribution in [0.4, 0.5) is 0 Å². The van der Waals surface area contributed by atoms with E-state index in [4.69, 9.17) is 18.9 Å². The van der Waals surface area contributed by atoms with Gasteiger partial charge < -0.3 is 18.9 Å². The SMILES string of the molecule is CCCCCOc1ccc(C(=O)Oc2cccc(C(=O)OCC3CCCO3)c2)cc1. The molecular weight excluding hydrogens is 384 g/mol. The average Bonchev–Trinajstić information content (AvgIpc) is 3.29. The van der Waals surface area contributed by atoms with Gasteiger partial charge in [0.15, 0.2) is 0 Å². The number of carbonyl (C=O) groups is 2. The van der Waals surface area contributed by atoms with Crippen molar-refractivity contribution in [2.45, 2.75) is 45.1 Å². The number of hydrogen-bond donors (Lipinski definition) is 0. The third-order valence-corrected chi connectivity index (χ3v) is 4.81. The van der Waals surface area contributed by atoms with Crippen molar-refractivity contribution in [2.75, 3.05) is 19.8 Å². The van der Waals surface area contributed by atoms with Crippen molar-refractivity contribution in [1.29, 1.82) is 0 Å². The van der Waals surface area contributed by atoms with Crippen LogP contribution < -0.4 is 9.47 Å². The molecule has 1 heterocycles. The summed E-state index contributed by atoms with van der Waals surface area (Å²) in [4.78, 5) is 24.7. The molecule has 1 fully saturated rings. The molecule has 1 saturated heterocycles. The highest BCUT2D eigenvalue weighted by atomic mass is 16.6. The molecule has 0 saturated carbocycles. The van der Waals surface area contributed by atoms with Gasteiger partial charge in [0.05, 0.1) is 23.8 Å². The second kappa shape index (κ2) is 11.4. The topological polar surface area (TPSA) is 71.1 Å². The molecule has 1 aliphatic heterocycles. The second-order valence-corrected chi connectivity index (χ2v) is 7.23. The van der Waals surface area contributed by atoms with Crippen LogP contribution in [-0.2, 0) is 9.47 Å². The van der Waals surface area contributed by atoms with Gasteiger partial charge in [-0.2, -0.15) is 0 Å². The van der Waals surface area contributed by atoms with Gasteiger partial charge in [0, 0.05) is 6.61 Å². The van der Waals surface area contributed by atoms with E-state index >= 15 is 0 Å². The van der Waals surface area contributed by atoms with Crippen LogP contribution in [0.15, 0.2) is 48.5 Å². The molecule has 1 aliphatic rings. The zero-order chi connectivity index (χ0) is 21.2. The highest BCUT2D eigenvalue weighted by molar-refractivity contribution is 5.92. The maximum Gasteiger partial charge on any atom is 0.343 e. The van der Waals surface area contributed by atoms with Gasteiger partial charge in [-0.05, 0) is 61.7 Å². The molecule has 2 aromatic carbocycles. The van der Waals surface area contributed by atoms with E-state index < -0.39 is 11.9 Å². The smallest absolute Gasteiger partial charge is 0.343 e. The van der Waals surface area contributed by atoms with E-state index in [2.05, 4.69) is 6.92 Å². The minimum absolute atomic E-state index is 0.0337. The van der Waals surface area contributed by atoms with Crippen molar-refractivity contribution >= 4 is 11.9 Å². The number of benzene rings is 2. The molecule has 0 spiro atoms. The average molecular weight is 412 g/mol. The molecule has 3 rings (SSSR count). The minimum atomic E-state index is -0.502. The first-order valence-corrected chi connectivity index (χ1v) is 10.5. The van der Waals surface area contributed by atoms with Crippen LogP contribution in [-0.4, -0.2) is 37.9 Å². The maximum absolute atomic E-state index is 12.4. The van der Waals surface area contributed by atoms with Gasteiger partial charge in [-0.1, -0.05) is 25.8 Å². The van der Waals surface area contributed by atoms with Gasteiger partial charge in [0.25, 0.3) is 0 Å². The molecule has 6 nitrogen and oxygen atoms in total. The lowest BCUT2D eigenvalue weighted by Crippen LogP contribution is -2.18. The molecule has 1 unspecified atom stereocenters. The number of ether oxygens (including phenoxy) is 4. The summed E-state index contributed by atoms with van der Waals surface area (Å²) >= 11 is 0. The van der Waals surface area contributed by atoms with Crippen LogP contribution in [0.3, 0.4) is 0 Å². The highest BCUT2D eigenvalue weighted by Gasteiger charge is 2.18. The highest BCUT2D eigenvalue weighted by Crippen LogP contribution is 2.19. The Morgan fingerprint density at radius 2 is 1.83 bits per heavy atom. The summed E-state index contributed by atoms with van der Waals surface area (Å²) in [6.45, 7) is 3.74. The second-order valence-electron chi connectivity index (χ2n) is 7.23. The lowest BCUT2D eigenvalue weighted by molar-refractivity contribution is 0.0161. The van der Waals surface area contributed by atoms with Crippen LogP contribution in [0, 0.1) is 0 Å². The lowest BCUT2D eigenvalue weighted by Gasteiger charge is -2.11. The molecule has 160 valence electrons. The quantitative estimate of drug-likeness (QED) is 0.317. The Labute approximate surface area is 177 Å². The van der Waals surface area contributed by atoms with Crippen LogP contribution in [0.2, 0.25) is 0 Å². The molecule has 6 heteroatoms. The molecule has 0 N–H and O–H groups in total.